The van der Waals surface area contributed by atoms with Gasteiger partial charge in [0.05, 0.1) is 6.10 Å². The Labute approximate surface area is 82.1 Å². The first kappa shape index (κ1) is 8.97. The van der Waals surface area contributed by atoms with Gasteiger partial charge in [-0.1, -0.05) is 15.9 Å². The van der Waals surface area contributed by atoms with Crippen LogP contribution in [-0.2, 0) is 0 Å². The van der Waals surface area contributed by atoms with Crippen LogP contribution in [0.2, 0.25) is 0 Å². The van der Waals surface area contributed by atoms with Gasteiger partial charge in [-0.3, -0.25) is 0 Å². The normalized spacial score (nSPS) is 34.0. The van der Waals surface area contributed by atoms with Crippen LogP contribution in [0.3, 0.4) is 0 Å². The fourth-order valence-electron chi connectivity index (χ4n) is 1.94. The average Bonchev–Trinajstić information content (AvgIpc) is 2.71. The monoisotopic (exact) mass is 233 g/mol. The molecule has 70 valence electrons. The average molecular weight is 234 g/mol. The van der Waals surface area contributed by atoms with Crippen molar-refractivity contribution in [2.45, 2.75) is 25.4 Å². The second-order valence-electron chi connectivity index (χ2n) is 4.31. The van der Waals surface area contributed by atoms with E-state index in [0.29, 0.717) is 5.41 Å². The van der Waals surface area contributed by atoms with E-state index >= 15 is 0 Å². The summed E-state index contributed by atoms with van der Waals surface area (Å²) in [5.41, 5.74) is 0.573. The number of rotatable bonds is 3. The molecule has 1 atom stereocenters. The fraction of sp³-hybridized carbons (Fsp3) is 1.00. The minimum atomic E-state index is -0.0591. The summed E-state index contributed by atoms with van der Waals surface area (Å²) in [7, 11) is 0. The van der Waals surface area contributed by atoms with Crippen LogP contribution in [0.1, 0.15) is 19.3 Å². The summed E-state index contributed by atoms with van der Waals surface area (Å²) in [4.78, 5) is 2.40. The minimum absolute atomic E-state index is 0.0591. The predicted molar refractivity (Wildman–Crippen MR) is 52.5 cm³/mol. The molecule has 12 heavy (non-hydrogen) atoms. The molecule has 1 saturated heterocycles. The van der Waals surface area contributed by atoms with Crippen molar-refractivity contribution < 1.29 is 5.11 Å². The Morgan fingerprint density at radius 2 is 2.25 bits per heavy atom. The zero-order chi connectivity index (χ0) is 8.60. The van der Waals surface area contributed by atoms with Gasteiger partial charge in [-0.15, -0.1) is 0 Å². The van der Waals surface area contributed by atoms with E-state index in [1.807, 2.05) is 0 Å². The van der Waals surface area contributed by atoms with Crippen LogP contribution < -0.4 is 0 Å². The SMILES string of the molecule is OC1CCN(CC2(CBr)CC2)C1. The second-order valence-corrected chi connectivity index (χ2v) is 4.87. The van der Waals surface area contributed by atoms with Gasteiger partial charge in [-0.2, -0.15) is 0 Å². The summed E-state index contributed by atoms with van der Waals surface area (Å²) < 4.78 is 0. The van der Waals surface area contributed by atoms with Gasteiger partial charge in [0.2, 0.25) is 0 Å². The maximum Gasteiger partial charge on any atom is 0.0679 e. The molecule has 2 aliphatic rings. The molecule has 0 amide bonds. The third kappa shape index (κ3) is 1.83. The van der Waals surface area contributed by atoms with Crippen LogP contribution in [0.15, 0.2) is 0 Å². The summed E-state index contributed by atoms with van der Waals surface area (Å²) in [6.07, 6.45) is 3.64. The van der Waals surface area contributed by atoms with Crippen molar-refractivity contribution in [3.05, 3.63) is 0 Å². The van der Waals surface area contributed by atoms with Crippen LogP contribution >= 0.6 is 15.9 Å². The Balaban J connectivity index is 1.80. The second kappa shape index (κ2) is 3.28. The number of alkyl halides is 1. The van der Waals surface area contributed by atoms with E-state index in [1.165, 1.54) is 19.4 Å². The Morgan fingerprint density at radius 3 is 2.67 bits per heavy atom. The van der Waals surface area contributed by atoms with Crippen molar-refractivity contribution in [2.24, 2.45) is 5.41 Å². The lowest BCUT2D eigenvalue weighted by Crippen LogP contribution is -2.30. The number of aliphatic hydroxyl groups is 1. The van der Waals surface area contributed by atoms with Gasteiger partial charge in [0.1, 0.15) is 0 Å². The highest BCUT2D eigenvalue weighted by molar-refractivity contribution is 9.09. The van der Waals surface area contributed by atoms with Gasteiger partial charge in [0, 0.05) is 25.0 Å². The molecule has 1 unspecified atom stereocenters. The number of hydrogen-bond acceptors (Lipinski definition) is 2. The molecular weight excluding hydrogens is 218 g/mol. The van der Waals surface area contributed by atoms with E-state index in [-0.39, 0.29) is 6.10 Å². The van der Waals surface area contributed by atoms with Gasteiger partial charge in [0.15, 0.2) is 0 Å². The van der Waals surface area contributed by atoms with E-state index in [0.717, 1.165) is 24.8 Å². The smallest absolute Gasteiger partial charge is 0.0679 e. The molecular formula is C9H16BrNO. The quantitative estimate of drug-likeness (QED) is 0.742. The van der Waals surface area contributed by atoms with E-state index in [4.69, 9.17) is 0 Å². The Morgan fingerprint density at radius 1 is 1.50 bits per heavy atom. The molecule has 1 aliphatic heterocycles. The molecule has 0 bridgehead atoms. The van der Waals surface area contributed by atoms with Gasteiger partial charge < -0.3 is 10.0 Å². The summed E-state index contributed by atoms with van der Waals surface area (Å²) in [6, 6.07) is 0. The molecule has 0 spiro atoms. The van der Waals surface area contributed by atoms with Gasteiger partial charge >= 0.3 is 0 Å². The Kier molecular flexibility index (Phi) is 2.45. The summed E-state index contributed by atoms with van der Waals surface area (Å²) >= 11 is 3.57. The van der Waals surface area contributed by atoms with Crippen LogP contribution in [0.25, 0.3) is 0 Å². The molecule has 1 heterocycles. The Bertz CT molecular complexity index is 170. The molecule has 2 rings (SSSR count). The summed E-state index contributed by atoms with van der Waals surface area (Å²) in [5, 5.41) is 10.5. The molecule has 1 aliphatic carbocycles. The first-order valence-corrected chi connectivity index (χ1v) is 5.83. The van der Waals surface area contributed by atoms with Crippen molar-refractivity contribution >= 4 is 15.9 Å². The standard InChI is InChI=1S/C9H16BrNO/c10-6-9(2-3-9)7-11-4-1-8(12)5-11/h8,12H,1-7H2. The van der Waals surface area contributed by atoms with E-state index in [1.54, 1.807) is 0 Å². The van der Waals surface area contributed by atoms with E-state index in [9.17, 15) is 5.11 Å². The highest BCUT2D eigenvalue weighted by Crippen LogP contribution is 2.47. The lowest BCUT2D eigenvalue weighted by Gasteiger charge is -2.20. The van der Waals surface area contributed by atoms with Crippen LogP contribution in [0.4, 0.5) is 0 Å². The molecule has 0 aromatic heterocycles. The van der Waals surface area contributed by atoms with Crippen molar-refractivity contribution in [3.63, 3.8) is 0 Å². The van der Waals surface area contributed by atoms with Crippen molar-refractivity contribution in [3.8, 4) is 0 Å². The van der Waals surface area contributed by atoms with Gasteiger partial charge in [-0.25, -0.2) is 0 Å². The van der Waals surface area contributed by atoms with Crippen molar-refractivity contribution in [2.75, 3.05) is 25.0 Å². The predicted octanol–water partition coefficient (Wildman–Crippen LogP) is 1.23. The molecule has 1 saturated carbocycles. The lowest BCUT2D eigenvalue weighted by molar-refractivity contribution is 0.170. The topological polar surface area (TPSA) is 23.5 Å². The first-order valence-electron chi connectivity index (χ1n) is 4.70. The third-order valence-corrected chi connectivity index (χ3v) is 4.24. The van der Waals surface area contributed by atoms with Crippen molar-refractivity contribution in [1.29, 1.82) is 0 Å². The third-order valence-electron chi connectivity index (χ3n) is 3.05. The zero-order valence-corrected chi connectivity index (χ0v) is 8.89. The van der Waals surface area contributed by atoms with Crippen LogP contribution in [0.5, 0.6) is 0 Å². The van der Waals surface area contributed by atoms with Crippen LogP contribution in [0, 0.1) is 5.41 Å². The first-order chi connectivity index (χ1) is 5.74. The number of hydrogen-bond donors (Lipinski definition) is 1. The zero-order valence-electron chi connectivity index (χ0n) is 7.30. The van der Waals surface area contributed by atoms with E-state index in [2.05, 4.69) is 20.8 Å². The highest BCUT2D eigenvalue weighted by Gasteiger charge is 2.43. The minimum Gasteiger partial charge on any atom is -0.392 e. The summed E-state index contributed by atoms with van der Waals surface area (Å²) in [6.45, 7) is 3.18. The molecule has 2 fully saturated rings. The highest BCUT2D eigenvalue weighted by atomic mass is 79.9. The molecule has 2 nitrogen and oxygen atoms in total. The van der Waals surface area contributed by atoms with Gasteiger partial charge in [-0.05, 0) is 24.7 Å². The number of likely N-dealkylation sites (tertiary alicyclic amines) is 1. The lowest BCUT2D eigenvalue weighted by atomic mass is 10.1. The van der Waals surface area contributed by atoms with Crippen LogP contribution in [-0.4, -0.2) is 41.1 Å². The largest absolute Gasteiger partial charge is 0.392 e. The number of aliphatic hydroxyl groups excluding tert-OH is 1. The number of nitrogens with zero attached hydrogens (tertiary/aromatic N) is 1. The molecule has 1 N–H and O–H groups in total. The number of β-amino-alcohol motifs (C(OH)–C–C–N with tert-alkyl or cyclic N) is 1. The van der Waals surface area contributed by atoms with Gasteiger partial charge in [0.25, 0.3) is 0 Å². The molecule has 0 aromatic carbocycles. The summed E-state index contributed by atoms with van der Waals surface area (Å²) in [5.74, 6) is 0. The van der Waals surface area contributed by atoms with E-state index < -0.39 is 0 Å². The van der Waals surface area contributed by atoms with Crippen molar-refractivity contribution in [1.82, 2.24) is 4.90 Å². The maximum absolute atomic E-state index is 9.34. The fourth-order valence-corrected chi connectivity index (χ4v) is 2.68. The molecule has 0 aromatic rings. The maximum atomic E-state index is 9.34. The Hall–Kier alpha value is 0.400. The molecule has 3 heteroatoms. The number of halogens is 1. The molecule has 0 radical (unpaired) electrons.